The van der Waals surface area contributed by atoms with Gasteiger partial charge >= 0.3 is 0 Å². The van der Waals surface area contributed by atoms with E-state index in [0.717, 1.165) is 57.3 Å². The largest absolute Gasteiger partial charge is 0.489 e. The van der Waals surface area contributed by atoms with Crippen molar-refractivity contribution in [1.29, 1.82) is 0 Å². The molecule has 5 unspecified atom stereocenters. The summed E-state index contributed by atoms with van der Waals surface area (Å²) in [6, 6.07) is 12.7. The second kappa shape index (κ2) is 21.0. The molecule has 0 aliphatic carbocycles. The van der Waals surface area contributed by atoms with Crippen LogP contribution in [0.4, 0.5) is 0 Å². The predicted molar refractivity (Wildman–Crippen MR) is 304 cm³/mol. The first kappa shape index (κ1) is 53.6. The lowest BCUT2D eigenvalue weighted by atomic mass is 9.87. The maximum Gasteiger partial charge on any atom is 0.300 e. The van der Waals surface area contributed by atoms with Gasteiger partial charge in [-0.2, -0.15) is 16.8 Å². The maximum atomic E-state index is 14.2. The number of ether oxygens (including phenoxy) is 12. The lowest BCUT2D eigenvalue weighted by molar-refractivity contribution is -0.0440. The van der Waals surface area contributed by atoms with Gasteiger partial charge in [-0.3, -0.25) is 4.55 Å². The van der Waals surface area contributed by atoms with Gasteiger partial charge in [-0.05, 0) is 67.5 Å². The molecule has 426 valence electrons. The van der Waals surface area contributed by atoms with E-state index in [1.807, 2.05) is 27.7 Å². The van der Waals surface area contributed by atoms with E-state index in [1.54, 1.807) is 58.7 Å². The second-order valence-corrected chi connectivity index (χ2v) is 29.6. The van der Waals surface area contributed by atoms with Crippen molar-refractivity contribution in [2.45, 2.75) is 72.5 Å². The molecule has 4 aromatic heterocycles. The van der Waals surface area contributed by atoms with Gasteiger partial charge in [-0.25, -0.2) is 4.18 Å². The van der Waals surface area contributed by atoms with Crippen LogP contribution in [0, 0.1) is 22.9 Å². The van der Waals surface area contributed by atoms with E-state index >= 15 is 0 Å². The van der Waals surface area contributed by atoms with Crippen LogP contribution < -0.4 is 47.0 Å². The lowest BCUT2D eigenvalue weighted by Crippen LogP contribution is -2.35. The van der Waals surface area contributed by atoms with Gasteiger partial charge in [0.25, 0.3) is 26.5 Å². The number of thioether (sulfide) groups is 2. The van der Waals surface area contributed by atoms with Crippen LogP contribution in [0.2, 0.25) is 0 Å². The Labute approximate surface area is 489 Å². The van der Waals surface area contributed by atoms with Crippen LogP contribution in [0.3, 0.4) is 0 Å². The number of hydrogen-bond donors (Lipinski definition) is 1. The van der Waals surface area contributed by atoms with Crippen molar-refractivity contribution in [1.82, 2.24) is 0 Å². The zero-order valence-electron chi connectivity index (χ0n) is 43.6. The summed E-state index contributed by atoms with van der Waals surface area (Å²) in [6.45, 7) is 11.6. The summed E-state index contributed by atoms with van der Waals surface area (Å²) >= 11 is 9.20. The summed E-state index contributed by atoms with van der Waals surface area (Å²) in [6.07, 6.45) is -0.727. The average molecular weight is 1260 g/mol. The van der Waals surface area contributed by atoms with Gasteiger partial charge in [0.2, 0.25) is 0 Å². The predicted octanol–water partition coefficient (Wildman–Crippen LogP) is 9.91. The summed E-state index contributed by atoms with van der Waals surface area (Å²) in [5, 5.41) is -0.640. The smallest absolute Gasteiger partial charge is 0.300 e. The molecule has 0 spiro atoms. The van der Waals surface area contributed by atoms with E-state index < -0.39 is 26.5 Å². The summed E-state index contributed by atoms with van der Waals surface area (Å²) in [5.41, 5.74) is 1.80. The molecule has 8 aliphatic heterocycles. The molecule has 12 heterocycles. The Hall–Kier alpha value is -5.42. The number of benzene rings is 2. The summed E-state index contributed by atoms with van der Waals surface area (Å²) in [5.74, 6) is 7.12. The molecule has 26 heteroatoms. The third kappa shape index (κ3) is 9.48. The van der Waals surface area contributed by atoms with Crippen molar-refractivity contribution in [2.24, 2.45) is 0 Å². The Morgan fingerprint density at radius 3 is 1.40 bits per heavy atom. The van der Waals surface area contributed by atoms with E-state index in [-0.39, 0.29) is 44.5 Å². The van der Waals surface area contributed by atoms with Gasteiger partial charge in [-0.15, -0.1) is 68.9 Å². The van der Waals surface area contributed by atoms with Gasteiger partial charge in [-0.1, -0.05) is 38.1 Å². The normalized spacial score (nSPS) is 23.4. The quantitative estimate of drug-likeness (QED) is 0.0999. The Bertz CT molecular complexity index is 4080. The van der Waals surface area contributed by atoms with Crippen molar-refractivity contribution in [3.05, 3.63) is 120 Å². The minimum Gasteiger partial charge on any atom is -0.489 e. The van der Waals surface area contributed by atoms with Crippen LogP contribution in [-0.4, -0.2) is 100 Å². The van der Waals surface area contributed by atoms with Crippen molar-refractivity contribution >= 4 is 98.9 Å². The first-order valence-corrected chi connectivity index (χ1v) is 33.9. The van der Waals surface area contributed by atoms with Gasteiger partial charge in [0, 0.05) is 9.75 Å². The molecule has 81 heavy (non-hydrogen) atoms. The van der Waals surface area contributed by atoms with Crippen LogP contribution in [0.5, 0.6) is 46.0 Å². The maximum absolute atomic E-state index is 14.2. The highest BCUT2D eigenvalue weighted by atomic mass is 32.2. The molecule has 8 aliphatic rings. The highest BCUT2D eigenvalue weighted by Gasteiger charge is 2.45. The number of thiophene rings is 4. The third-order valence-electron chi connectivity index (χ3n) is 14.5. The highest BCUT2D eigenvalue weighted by molar-refractivity contribution is 8.09. The molecule has 1 N–H and O–H groups in total. The van der Waals surface area contributed by atoms with Gasteiger partial charge in [0.15, 0.2) is 75.6 Å². The van der Waals surface area contributed by atoms with Crippen molar-refractivity contribution < 1.29 is 82.4 Å². The second-order valence-electron chi connectivity index (χ2n) is 19.8. The fourth-order valence-corrected chi connectivity index (χ4v) is 20.2. The van der Waals surface area contributed by atoms with Crippen molar-refractivity contribution in [2.75, 3.05) is 72.7 Å². The molecular formula is C55H50O18S8. The van der Waals surface area contributed by atoms with Crippen molar-refractivity contribution in [3.8, 4) is 46.0 Å². The number of aryl methyl sites for hydroxylation is 2. The topological polar surface area (TPSA) is 208 Å². The van der Waals surface area contributed by atoms with E-state index in [2.05, 4.69) is 0 Å². The van der Waals surface area contributed by atoms with E-state index in [1.165, 1.54) is 58.7 Å². The number of fused-ring (bicyclic) bond motifs is 4. The van der Waals surface area contributed by atoms with Crippen LogP contribution in [-0.2, 0) is 43.4 Å². The van der Waals surface area contributed by atoms with E-state index in [0.29, 0.717) is 137 Å². The molecule has 0 saturated heterocycles. The molecule has 0 fully saturated rings. The molecule has 0 saturated carbocycles. The summed E-state index contributed by atoms with van der Waals surface area (Å²) in [7, 11) is -8.75. The molecule has 6 aromatic rings. The molecule has 0 radical (unpaired) electrons. The molecule has 18 nitrogen and oxygen atoms in total. The monoisotopic (exact) mass is 1250 g/mol. The van der Waals surface area contributed by atoms with Gasteiger partial charge < -0.3 is 56.8 Å². The summed E-state index contributed by atoms with van der Waals surface area (Å²) < 4.78 is 147. The van der Waals surface area contributed by atoms with Gasteiger partial charge in [0.05, 0.1) is 47.5 Å². The van der Waals surface area contributed by atoms with Crippen molar-refractivity contribution in [3.63, 3.8) is 0 Å². The highest BCUT2D eigenvalue weighted by Crippen LogP contribution is 2.62. The number of hydrogen-bond acceptors (Lipinski definition) is 23. The van der Waals surface area contributed by atoms with E-state index in [4.69, 9.17) is 61.0 Å². The molecule has 5 atom stereocenters. The molecule has 0 amide bonds. The van der Waals surface area contributed by atoms with Gasteiger partial charge in [0.1, 0.15) is 76.6 Å². The first-order chi connectivity index (χ1) is 39.2. The SMILES string of the molecule is Cc1sc(C2S/C(=c3/s/c(=c4/s/c(=C5/SC(c6sc(C)c7c6OCCO7)C6=C5OCCO6)c5c4OCC(OS(=O)(=O)c4ccc(C(C)CC(C)c6ccc(S(=O)(=O)O)cc6)cc4)O5)c4c3OCCO4)C3=C2OCCO3)c2c1OCCO2. The average Bonchev–Trinajstić information content (AvgIpc) is 4.28. The zero-order chi connectivity index (χ0) is 55.5. The van der Waals surface area contributed by atoms with Crippen LogP contribution >= 0.6 is 68.9 Å². The van der Waals surface area contributed by atoms with E-state index in [9.17, 15) is 21.4 Å². The minimum atomic E-state index is -4.43. The fraction of sp³-hybridized carbons (Fsp3) is 0.382. The van der Waals surface area contributed by atoms with Crippen LogP contribution in [0.15, 0.2) is 81.4 Å². The van der Waals surface area contributed by atoms with Crippen LogP contribution in [0.1, 0.15) is 73.2 Å². The molecule has 14 rings (SSSR count). The first-order valence-electron chi connectivity index (χ1n) is 26.0. The molecular weight excluding hydrogens is 1210 g/mol. The number of rotatable bonds is 10. The Morgan fingerprint density at radius 2 is 0.901 bits per heavy atom. The Kier molecular flexibility index (Phi) is 13.9. The Morgan fingerprint density at radius 1 is 0.494 bits per heavy atom. The lowest BCUT2D eigenvalue weighted by Gasteiger charge is -2.24. The Balaban J connectivity index is 0.856. The molecule has 2 aromatic carbocycles. The fourth-order valence-electron chi connectivity index (χ4n) is 10.8. The molecule has 0 bridgehead atoms. The minimum absolute atomic E-state index is 0.00140. The van der Waals surface area contributed by atoms with Crippen LogP contribution in [0.25, 0.3) is 9.81 Å². The summed E-state index contributed by atoms with van der Waals surface area (Å²) in [4.78, 5) is 5.20. The standard InChI is InChI=1S/C55H50O18S8/c1-25(29-5-9-31(10-6-29)80(56,57)58)23-26(2)30-7-11-32(12-8-30)81(59,60)73-33-24-71-44-45(72-33)55(53-43-39(66-18-22-70-43)49(77-53)47-37-35(28(4)75-47)62-14-16-64-37)79-54(44)52-42-41(68-20-21-69-42)51(78-52)50-40-38(65-17-19-67-40)48(76-50)46-36-34(27(3)74-46)61-13-15-63-36/h5-12,25-26,33,48-49H,13-24H2,1-4H3,(H,56,57,58)/b51-50+,54-52+,55-53+. The zero-order valence-corrected chi connectivity index (χ0v) is 50.2. The third-order valence-corrected chi connectivity index (χ3v) is 24.6.